The van der Waals surface area contributed by atoms with Crippen LogP contribution < -0.4 is 10.6 Å². The molecule has 0 aliphatic heterocycles. The highest BCUT2D eigenvalue weighted by molar-refractivity contribution is 6.06. The van der Waals surface area contributed by atoms with Crippen LogP contribution in [0.2, 0.25) is 0 Å². The Balaban J connectivity index is 1.12. The Morgan fingerprint density at radius 3 is 1.29 bits per heavy atom. The fraction of sp³-hybridized carbons (Fsp3) is 0. The van der Waals surface area contributed by atoms with Crippen LogP contribution in [0, 0.1) is 0 Å². The van der Waals surface area contributed by atoms with Gasteiger partial charge in [-0.15, -0.1) is 0 Å². The maximum absolute atomic E-state index is 12.7. The fourth-order valence-electron chi connectivity index (χ4n) is 4.30. The molecular weight excluding hydrogens is 472 g/mol. The monoisotopic (exact) mass is 494 g/mol. The van der Waals surface area contributed by atoms with E-state index in [-0.39, 0.29) is 11.8 Å². The van der Waals surface area contributed by atoms with Crippen molar-refractivity contribution in [2.24, 2.45) is 0 Å². The van der Waals surface area contributed by atoms with E-state index in [0.717, 1.165) is 32.9 Å². The first-order valence-electron chi connectivity index (χ1n) is 12.2. The van der Waals surface area contributed by atoms with Crippen molar-refractivity contribution < 1.29 is 9.59 Å². The average molecular weight is 495 g/mol. The van der Waals surface area contributed by atoms with Crippen LogP contribution in [0.15, 0.2) is 122 Å². The van der Waals surface area contributed by atoms with Crippen molar-refractivity contribution in [1.29, 1.82) is 0 Å². The van der Waals surface area contributed by atoms with Gasteiger partial charge in [0.25, 0.3) is 11.8 Å². The van der Waals surface area contributed by atoms with Gasteiger partial charge in [0.1, 0.15) is 0 Å². The molecule has 2 aromatic heterocycles. The number of amides is 2. The molecular formula is C32H22N4O2. The maximum atomic E-state index is 12.7. The first kappa shape index (κ1) is 23.1. The minimum absolute atomic E-state index is 0.243. The van der Waals surface area contributed by atoms with Gasteiger partial charge >= 0.3 is 0 Å². The number of aromatic nitrogens is 2. The Labute approximate surface area is 219 Å². The van der Waals surface area contributed by atoms with Crippen molar-refractivity contribution in [3.63, 3.8) is 0 Å². The molecule has 0 unspecified atom stereocenters. The molecule has 0 aliphatic carbocycles. The predicted molar refractivity (Wildman–Crippen MR) is 151 cm³/mol. The topological polar surface area (TPSA) is 84.0 Å². The third-order valence-electron chi connectivity index (χ3n) is 6.33. The van der Waals surface area contributed by atoms with Crippen LogP contribution in [0.5, 0.6) is 0 Å². The first-order chi connectivity index (χ1) is 18.6. The number of pyridine rings is 2. The van der Waals surface area contributed by atoms with Crippen molar-refractivity contribution in [1.82, 2.24) is 9.97 Å². The molecule has 6 nitrogen and oxygen atoms in total. The minimum atomic E-state index is -0.243. The molecule has 0 bridgehead atoms. The summed E-state index contributed by atoms with van der Waals surface area (Å²) in [5.41, 5.74) is 3.53. The van der Waals surface area contributed by atoms with Crippen molar-refractivity contribution in [2.75, 3.05) is 10.6 Å². The summed E-state index contributed by atoms with van der Waals surface area (Å²) in [4.78, 5) is 34.3. The molecule has 0 saturated heterocycles. The van der Waals surface area contributed by atoms with E-state index in [1.54, 1.807) is 24.3 Å². The number of carbonyl (C=O) groups excluding carboxylic acids is 2. The first-order valence-corrected chi connectivity index (χ1v) is 12.2. The zero-order valence-electron chi connectivity index (χ0n) is 20.3. The van der Waals surface area contributed by atoms with E-state index < -0.39 is 0 Å². The van der Waals surface area contributed by atoms with Gasteiger partial charge in [-0.1, -0.05) is 60.7 Å². The highest BCUT2D eigenvalue weighted by Gasteiger charge is 2.11. The number of carbonyl (C=O) groups is 2. The van der Waals surface area contributed by atoms with Crippen molar-refractivity contribution in [3.8, 4) is 11.4 Å². The minimum Gasteiger partial charge on any atom is -0.322 e. The van der Waals surface area contributed by atoms with E-state index in [4.69, 9.17) is 0 Å². The van der Waals surface area contributed by atoms with Gasteiger partial charge in [-0.2, -0.15) is 0 Å². The average Bonchev–Trinajstić information content (AvgIpc) is 2.97. The lowest BCUT2D eigenvalue weighted by molar-refractivity contribution is 0.101. The van der Waals surface area contributed by atoms with Crippen LogP contribution in [0.4, 0.5) is 11.4 Å². The van der Waals surface area contributed by atoms with Crippen LogP contribution in [-0.2, 0) is 0 Å². The van der Waals surface area contributed by atoms with E-state index in [9.17, 15) is 9.59 Å². The van der Waals surface area contributed by atoms with Gasteiger partial charge in [0.2, 0.25) is 0 Å². The Morgan fingerprint density at radius 1 is 0.474 bits per heavy atom. The second-order valence-corrected chi connectivity index (χ2v) is 8.90. The normalized spacial score (nSPS) is 10.8. The third-order valence-corrected chi connectivity index (χ3v) is 6.33. The number of anilines is 2. The van der Waals surface area contributed by atoms with Gasteiger partial charge in [0.15, 0.2) is 0 Å². The van der Waals surface area contributed by atoms with Crippen LogP contribution >= 0.6 is 0 Å². The molecule has 0 aliphatic rings. The van der Waals surface area contributed by atoms with Gasteiger partial charge in [0, 0.05) is 23.8 Å². The lowest BCUT2D eigenvalue weighted by atomic mass is 10.1. The van der Waals surface area contributed by atoms with E-state index in [0.29, 0.717) is 22.5 Å². The smallest absolute Gasteiger partial charge is 0.257 e. The molecule has 0 atom stereocenters. The molecule has 182 valence electrons. The molecule has 4 aromatic carbocycles. The fourth-order valence-corrected chi connectivity index (χ4v) is 4.30. The van der Waals surface area contributed by atoms with E-state index in [1.165, 1.54) is 12.4 Å². The zero-order valence-corrected chi connectivity index (χ0v) is 20.3. The second-order valence-electron chi connectivity index (χ2n) is 8.90. The van der Waals surface area contributed by atoms with Crippen LogP contribution in [0.25, 0.3) is 32.9 Å². The highest BCUT2D eigenvalue weighted by Crippen LogP contribution is 2.22. The summed E-state index contributed by atoms with van der Waals surface area (Å²) in [6.07, 6.45) is 3.04. The van der Waals surface area contributed by atoms with Crippen molar-refractivity contribution in [3.05, 3.63) is 133 Å². The Bertz CT molecular complexity index is 1660. The molecule has 6 rings (SSSR count). The molecule has 6 heteroatoms. The summed E-state index contributed by atoms with van der Waals surface area (Å²) < 4.78 is 0. The van der Waals surface area contributed by atoms with E-state index in [2.05, 4.69) is 20.6 Å². The summed E-state index contributed by atoms with van der Waals surface area (Å²) in [7, 11) is 0. The Kier molecular flexibility index (Phi) is 6.04. The van der Waals surface area contributed by atoms with Crippen LogP contribution in [-0.4, -0.2) is 21.8 Å². The van der Waals surface area contributed by atoms with Gasteiger partial charge < -0.3 is 10.6 Å². The number of benzene rings is 4. The number of nitrogens with zero attached hydrogens (tertiary/aromatic N) is 2. The summed E-state index contributed by atoms with van der Waals surface area (Å²) in [6.45, 7) is 0. The summed E-state index contributed by atoms with van der Waals surface area (Å²) in [5.74, 6) is -0.485. The predicted octanol–water partition coefficient (Wildman–Crippen LogP) is 6.95. The molecule has 2 amide bonds. The SMILES string of the molecule is O=C(Nc1ccc2ccccc2c1)c1ccc(-c2ccc(C(=O)Nc3ccc4ccccc4c3)cn2)nc1. The molecule has 2 N–H and O–H groups in total. The van der Waals surface area contributed by atoms with Gasteiger partial charge in [0.05, 0.1) is 22.5 Å². The van der Waals surface area contributed by atoms with Crippen molar-refractivity contribution >= 4 is 44.7 Å². The summed E-state index contributed by atoms with van der Waals surface area (Å²) >= 11 is 0. The van der Waals surface area contributed by atoms with E-state index >= 15 is 0 Å². The van der Waals surface area contributed by atoms with Crippen LogP contribution in [0.3, 0.4) is 0 Å². The molecule has 0 radical (unpaired) electrons. The number of fused-ring (bicyclic) bond motifs is 2. The summed E-state index contributed by atoms with van der Waals surface area (Å²) in [5, 5.41) is 10.2. The zero-order chi connectivity index (χ0) is 25.9. The molecule has 6 aromatic rings. The summed E-state index contributed by atoms with van der Waals surface area (Å²) in [6, 6.07) is 34.5. The molecule has 0 saturated carbocycles. The standard InChI is InChI=1S/C32H22N4O2/c37-31(35-27-13-9-21-5-1-3-7-23(21)17-27)25-11-15-29(33-19-25)30-16-12-26(20-34-30)32(38)36-28-14-10-22-6-2-4-8-24(22)18-28/h1-20H,(H,35,37)(H,36,38). The van der Waals surface area contributed by atoms with E-state index in [1.807, 2.05) is 84.9 Å². The van der Waals surface area contributed by atoms with Gasteiger partial charge in [-0.05, 0) is 70.1 Å². The Hall–Kier alpha value is -5.36. The van der Waals surface area contributed by atoms with Gasteiger partial charge in [-0.25, -0.2) is 0 Å². The molecule has 2 heterocycles. The van der Waals surface area contributed by atoms with Gasteiger partial charge in [-0.3, -0.25) is 19.6 Å². The number of rotatable bonds is 5. The molecule has 38 heavy (non-hydrogen) atoms. The quantitative estimate of drug-likeness (QED) is 0.271. The lowest BCUT2D eigenvalue weighted by Gasteiger charge is -2.08. The molecule has 0 fully saturated rings. The number of hydrogen-bond acceptors (Lipinski definition) is 4. The number of nitrogens with one attached hydrogen (secondary N) is 2. The maximum Gasteiger partial charge on any atom is 0.257 e. The third kappa shape index (κ3) is 4.83. The van der Waals surface area contributed by atoms with Crippen LogP contribution in [0.1, 0.15) is 20.7 Å². The largest absolute Gasteiger partial charge is 0.322 e. The second kappa shape index (κ2) is 9.95. The lowest BCUT2D eigenvalue weighted by Crippen LogP contribution is -2.12. The van der Waals surface area contributed by atoms with Crippen molar-refractivity contribution in [2.45, 2.75) is 0 Å². The number of hydrogen-bond donors (Lipinski definition) is 2. The molecule has 0 spiro atoms. The highest BCUT2D eigenvalue weighted by atomic mass is 16.2. The Morgan fingerprint density at radius 2 is 0.895 bits per heavy atom.